The lowest BCUT2D eigenvalue weighted by Gasteiger charge is -2.25. The molecule has 2 rings (SSSR count). The molecule has 0 atom stereocenters. The quantitative estimate of drug-likeness (QED) is 0.823. The van der Waals surface area contributed by atoms with Gasteiger partial charge in [0.05, 0.1) is 18.0 Å². The molecule has 98 valence electrons. The maximum Gasteiger partial charge on any atom is 0.241 e. The van der Waals surface area contributed by atoms with Crippen molar-refractivity contribution in [3.8, 4) is 0 Å². The number of rotatable bonds is 3. The number of carbonyl (C=O) groups excluding carboxylic acids is 1. The minimum Gasteiger partial charge on any atom is -0.397 e. The zero-order valence-corrected chi connectivity index (χ0v) is 10.7. The second-order valence-corrected chi connectivity index (χ2v) is 4.62. The van der Waals surface area contributed by atoms with Crippen molar-refractivity contribution in [2.75, 3.05) is 30.7 Å². The highest BCUT2D eigenvalue weighted by Gasteiger charge is 2.15. The molecule has 1 aliphatic rings. The molecular weight excluding hydrogens is 254 g/mol. The summed E-state index contributed by atoms with van der Waals surface area (Å²) in [6.45, 7) is 1.67. The lowest BCUT2D eigenvalue weighted by atomic mass is 10.2. The standard InChI is InChI=1S/C12H16ClN3O2/c13-9-3-4-11(10(14)7-9)15-12(17)8-16-5-1-2-6-18-16/h3-4,7H,1-2,5-6,8,14H2,(H,15,17). The van der Waals surface area contributed by atoms with E-state index in [1.165, 1.54) is 0 Å². The van der Waals surface area contributed by atoms with Gasteiger partial charge in [0.25, 0.3) is 0 Å². The fourth-order valence-electron chi connectivity index (χ4n) is 1.77. The number of benzene rings is 1. The lowest BCUT2D eigenvalue weighted by Crippen LogP contribution is -2.37. The van der Waals surface area contributed by atoms with Crippen LogP contribution in [0, 0.1) is 0 Å². The summed E-state index contributed by atoms with van der Waals surface area (Å²) in [4.78, 5) is 17.2. The van der Waals surface area contributed by atoms with Gasteiger partial charge in [-0.05, 0) is 31.0 Å². The minimum absolute atomic E-state index is 0.147. The number of hydrogen-bond donors (Lipinski definition) is 2. The Morgan fingerprint density at radius 3 is 3.00 bits per heavy atom. The molecule has 1 aromatic carbocycles. The highest BCUT2D eigenvalue weighted by Crippen LogP contribution is 2.22. The van der Waals surface area contributed by atoms with Crippen molar-refractivity contribution in [2.45, 2.75) is 12.8 Å². The highest BCUT2D eigenvalue weighted by molar-refractivity contribution is 6.31. The number of hydrogen-bond acceptors (Lipinski definition) is 4. The van der Waals surface area contributed by atoms with Crippen LogP contribution in [0.3, 0.4) is 0 Å². The van der Waals surface area contributed by atoms with Gasteiger partial charge in [0.15, 0.2) is 0 Å². The van der Waals surface area contributed by atoms with Gasteiger partial charge in [-0.3, -0.25) is 9.63 Å². The third-order valence-corrected chi connectivity index (χ3v) is 2.92. The molecule has 1 aromatic rings. The van der Waals surface area contributed by atoms with Crippen molar-refractivity contribution in [1.82, 2.24) is 5.06 Å². The molecule has 1 fully saturated rings. The molecule has 0 bridgehead atoms. The average Bonchev–Trinajstić information content (AvgIpc) is 2.34. The first kappa shape index (κ1) is 13.1. The Morgan fingerprint density at radius 1 is 1.50 bits per heavy atom. The lowest BCUT2D eigenvalue weighted by molar-refractivity contribution is -0.182. The van der Waals surface area contributed by atoms with Gasteiger partial charge in [0.2, 0.25) is 5.91 Å². The number of anilines is 2. The molecule has 5 nitrogen and oxygen atoms in total. The SMILES string of the molecule is Nc1cc(Cl)ccc1NC(=O)CN1CCCCO1. The fourth-order valence-corrected chi connectivity index (χ4v) is 1.95. The van der Waals surface area contributed by atoms with Crippen LogP contribution in [0.2, 0.25) is 5.02 Å². The van der Waals surface area contributed by atoms with E-state index in [4.69, 9.17) is 22.2 Å². The molecule has 0 spiro atoms. The average molecular weight is 270 g/mol. The van der Waals surface area contributed by atoms with Crippen LogP contribution in [-0.4, -0.2) is 30.7 Å². The number of amides is 1. The van der Waals surface area contributed by atoms with Crippen LogP contribution in [-0.2, 0) is 9.63 Å². The van der Waals surface area contributed by atoms with E-state index in [-0.39, 0.29) is 12.5 Å². The molecular formula is C12H16ClN3O2. The molecule has 0 aromatic heterocycles. The van der Waals surface area contributed by atoms with E-state index < -0.39 is 0 Å². The van der Waals surface area contributed by atoms with Crippen LogP contribution in [0.5, 0.6) is 0 Å². The zero-order valence-electron chi connectivity index (χ0n) is 9.99. The van der Waals surface area contributed by atoms with Gasteiger partial charge >= 0.3 is 0 Å². The van der Waals surface area contributed by atoms with E-state index in [1.807, 2.05) is 0 Å². The molecule has 0 radical (unpaired) electrons. The van der Waals surface area contributed by atoms with E-state index >= 15 is 0 Å². The monoisotopic (exact) mass is 269 g/mol. The van der Waals surface area contributed by atoms with Crippen molar-refractivity contribution >= 4 is 28.9 Å². The second kappa shape index (κ2) is 6.04. The molecule has 1 heterocycles. The molecule has 0 aliphatic carbocycles. The van der Waals surface area contributed by atoms with Crippen molar-refractivity contribution in [3.05, 3.63) is 23.2 Å². The first-order valence-corrected chi connectivity index (χ1v) is 6.26. The van der Waals surface area contributed by atoms with Gasteiger partial charge in [0.1, 0.15) is 6.54 Å². The number of nitrogen functional groups attached to an aromatic ring is 1. The summed E-state index contributed by atoms with van der Waals surface area (Å²) >= 11 is 5.79. The van der Waals surface area contributed by atoms with Gasteiger partial charge in [0, 0.05) is 11.6 Å². The summed E-state index contributed by atoms with van der Waals surface area (Å²) in [6, 6.07) is 4.98. The smallest absolute Gasteiger partial charge is 0.241 e. The van der Waals surface area contributed by atoms with E-state index in [1.54, 1.807) is 23.3 Å². The van der Waals surface area contributed by atoms with E-state index in [0.29, 0.717) is 23.0 Å². The highest BCUT2D eigenvalue weighted by atomic mass is 35.5. The van der Waals surface area contributed by atoms with Crippen LogP contribution < -0.4 is 11.1 Å². The van der Waals surface area contributed by atoms with Crippen molar-refractivity contribution in [1.29, 1.82) is 0 Å². The second-order valence-electron chi connectivity index (χ2n) is 4.18. The molecule has 3 N–H and O–H groups in total. The predicted molar refractivity (Wildman–Crippen MR) is 71.3 cm³/mol. The number of nitrogens with zero attached hydrogens (tertiary/aromatic N) is 1. The van der Waals surface area contributed by atoms with E-state index in [0.717, 1.165) is 19.4 Å². The van der Waals surface area contributed by atoms with Gasteiger partial charge in [-0.15, -0.1) is 0 Å². The van der Waals surface area contributed by atoms with Crippen LogP contribution in [0.1, 0.15) is 12.8 Å². The van der Waals surface area contributed by atoms with E-state index in [2.05, 4.69) is 5.32 Å². The van der Waals surface area contributed by atoms with Crippen LogP contribution >= 0.6 is 11.6 Å². The van der Waals surface area contributed by atoms with Gasteiger partial charge in [-0.1, -0.05) is 11.6 Å². The first-order chi connectivity index (χ1) is 8.65. The topological polar surface area (TPSA) is 67.6 Å². The summed E-state index contributed by atoms with van der Waals surface area (Å²) in [5.74, 6) is -0.147. The molecule has 1 aliphatic heterocycles. The van der Waals surface area contributed by atoms with Crippen LogP contribution in [0.25, 0.3) is 0 Å². The van der Waals surface area contributed by atoms with Gasteiger partial charge in [-0.25, -0.2) is 0 Å². The Balaban J connectivity index is 1.90. The summed E-state index contributed by atoms with van der Waals surface area (Å²) < 4.78 is 0. The normalized spacial score (nSPS) is 16.5. The van der Waals surface area contributed by atoms with E-state index in [9.17, 15) is 4.79 Å². The molecule has 0 unspecified atom stereocenters. The number of nitrogens with two attached hydrogens (primary N) is 1. The van der Waals surface area contributed by atoms with Gasteiger partial charge in [-0.2, -0.15) is 5.06 Å². The third-order valence-electron chi connectivity index (χ3n) is 2.68. The van der Waals surface area contributed by atoms with Crippen molar-refractivity contribution in [2.24, 2.45) is 0 Å². The van der Waals surface area contributed by atoms with Crippen LogP contribution in [0.4, 0.5) is 11.4 Å². The maximum atomic E-state index is 11.8. The fraction of sp³-hybridized carbons (Fsp3) is 0.417. The Labute approximate surface area is 111 Å². The Kier molecular flexibility index (Phi) is 4.41. The van der Waals surface area contributed by atoms with Gasteiger partial charge < -0.3 is 11.1 Å². The summed E-state index contributed by atoms with van der Waals surface area (Å²) in [5.41, 5.74) is 6.78. The molecule has 0 saturated carbocycles. The number of hydroxylamine groups is 2. The van der Waals surface area contributed by atoms with Crippen molar-refractivity contribution < 1.29 is 9.63 Å². The number of nitrogens with one attached hydrogen (secondary N) is 1. The summed E-state index contributed by atoms with van der Waals surface area (Å²) in [5, 5.41) is 4.96. The largest absolute Gasteiger partial charge is 0.397 e. The zero-order chi connectivity index (χ0) is 13.0. The Morgan fingerprint density at radius 2 is 2.33 bits per heavy atom. The molecule has 6 heteroatoms. The summed E-state index contributed by atoms with van der Waals surface area (Å²) in [7, 11) is 0. The maximum absolute atomic E-state index is 11.8. The molecule has 1 saturated heterocycles. The summed E-state index contributed by atoms with van der Waals surface area (Å²) in [6.07, 6.45) is 2.10. The minimum atomic E-state index is -0.147. The van der Waals surface area contributed by atoms with Crippen molar-refractivity contribution in [3.63, 3.8) is 0 Å². The Hall–Kier alpha value is -1.30. The third kappa shape index (κ3) is 3.60. The molecule has 18 heavy (non-hydrogen) atoms. The van der Waals surface area contributed by atoms with Crippen LogP contribution in [0.15, 0.2) is 18.2 Å². The number of halogens is 1. The Bertz CT molecular complexity index is 433. The molecule has 1 amide bonds. The first-order valence-electron chi connectivity index (χ1n) is 5.88. The number of carbonyl (C=O) groups is 1. The predicted octanol–water partition coefficient (Wildman–Crippen LogP) is 1.89.